The molecule has 13 heavy (non-hydrogen) atoms. The van der Waals surface area contributed by atoms with Crippen LogP contribution >= 0.6 is 0 Å². The van der Waals surface area contributed by atoms with Crippen molar-refractivity contribution in [1.82, 2.24) is 0 Å². The van der Waals surface area contributed by atoms with Crippen LogP contribution in [-0.4, -0.2) is 6.04 Å². The summed E-state index contributed by atoms with van der Waals surface area (Å²) in [5, 5.41) is 3.52. The van der Waals surface area contributed by atoms with Crippen LogP contribution < -0.4 is 5.32 Å². The molecule has 1 aliphatic rings. The summed E-state index contributed by atoms with van der Waals surface area (Å²) in [5.41, 5.74) is 2.84. The van der Waals surface area contributed by atoms with Crippen molar-refractivity contribution in [3.63, 3.8) is 0 Å². The molecule has 0 aliphatic carbocycles. The lowest BCUT2D eigenvalue weighted by atomic mass is 9.86. The van der Waals surface area contributed by atoms with Crippen LogP contribution in [-0.2, 0) is 0 Å². The summed E-state index contributed by atoms with van der Waals surface area (Å²) < 4.78 is 0. The monoisotopic (exact) mass is 175 g/mol. The summed E-state index contributed by atoms with van der Waals surface area (Å²) in [6, 6.07) is 9.31. The predicted octanol–water partition coefficient (Wildman–Crippen LogP) is 3.38. The van der Waals surface area contributed by atoms with Crippen molar-refractivity contribution in [2.75, 3.05) is 5.32 Å². The molecule has 1 heterocycles. The van der Waals surface area contributed by atoms with E-state index in [9.17, 15) is 0 Å². The van der Waals surface area contributed by atoms with Crippen molar-refractivity contribution < 1.29 is 0 Å². The lowest BCUT2D eigenvalue weighted by Crippen LogP contribution is -2.24. The zero-order chi connectivity index (χ0) is 9.26. The molecule has 1 aromatic rings. The fourth-order valence-electron chi connectivity index (χ4n) is 2.25. The summed E-state index contributed by atoms with van der Waals surface area (Å²) in [6.07, 6.45) is 2.52. The summed E-state index contributed by atoms with van der Waals surface area (Å²) in [7, 11) is 0. The Morgan fingerprint density at radius 2 is 2.15 bits per heavy atom. The minimum atomic E-state index is 0.625. The van der Waals surface area contributed by atoms with Gasteiger partial charge in [0, 0.05) is 11.7 Å². The summed E-state index contributed by atoms with van der Waals surface area (Å²) >= 11 is 0. The first kappa shape index (κ1) is 8.61. The first-order valence-corrected chi connectivity index (χ1v) is 5.16. The fourth-order valence-corrected chi connectivity index (χ4v) is 2.25. The third-order valence-electron chi connectivity index (χ3n) is 2.93. The van der Waals surface area contributed by atoms with Crippen molar-refractivity contribution in [2.24, 2.45) is 0 Å². The van der Waals surface area contributed by atoms with Crippen molar-refractivity contribution in [2.45, 2.75) is 38.6 Å². The van der Waals surface area contributed by atoms with Crippen LogP contribution in [0.5, 0.6) is 0 Å². The minimum absolute atomic E-state index is 0.625. The normalized spacial score (nSPS) is 26.3. The van der Waals surface area contributed by atoms with Crippen molar-refractivity contribution in [1.29, 1.82) is 0 Å². The molecule has 0 spiro atoms. The highest BCUT2D eigenvalue weighted by molar-refractivity contribution is 5.55. The zero-order valence-corrected chi connectivity index (χ0v) is 8.38. The first-order chi connectivity index (χ1) is 6.31. The topological polar surface area (TPSA) is 12.0 Å². The Balaban J connectivity index is 2.37. The van der Waals surface area contributed by atoms with Crippen molar-refractivity contribution in [3.8, 4) is 0 Å². The molecule has 2 rings (SSSR count). The van der Waals surface area contributed by atoms with Crippen molar-refractivity contribution >= 4 is 5.69 Å². The van der Waals surface area contributed by atoms with Crippen LogP contribution in [0, 0.1) is 0 Å². The second kappa shape index (κ2) is 3.41. The van der Waals surface area contributed by atoms with Gasteiger partial charge >= 0.3 is 0 Å². The zero-order valence-electron chi connectivity index (χ0n) is 8.38. The molecule has 0 bridgehead atoms. The fraction of sp³-hybridized carbons (Fsp3) is 0.500. The highest BCUT2D eigenvalue weighted by atomic mass is 14.9. The van der Waals surface area contributed by atoms with Crippen LogP contribution in [0.15, 0.2) is 24.3 Å². The van der Waals surface area contributed by atoms with Gasteiger partial charge in [0.05, 0.1) is 0 Å². The highest BCUT2D eigenvalue weighted by Crippen LogP contribution is 2.35. The first-order valence-electron chi connectivity index (χ1n) is 5.16. The van der Waals surface area contributed by atoms with Crippen LogP contribution in [0.3, 0.4) is 0 Å². The van der Waals surface area contributed by atoms with Gasteiger partial charge in [-0.15, -0.1) is 0 Å². The van der Waals surface area contributed by atoms with E-state index in [0.717, 1.165) is 5.92 Å². The number of benzene rings is 1. The molecule has 0 saturated heterocycles. The van der Waals surface area contributed by atoms with E-state index >= 15 is 0 Å². The minimum Gasteiger partial charge on any atom is -0.382 e. The average molecular weight is 175 g/mol. The van der Waals surface area contributed by atoms with E-state index in [1.54, 1.807) is 0 Å². The van der Waals surface area contributed by atoms with Gasteiger partial charge in [0.15, 0.2) is 0 Å². The Labute approximate surface area is 80.2 Å². The van der Waals surface area contributed by atoms with Crippen LogP contribution in [0.1, 0.15) is 38.2 Å². The van der Waals surface area contributed by atoms with Gasteiger partial charge in [-0.1, -0.05) is 25.1 Å². The summed E-state index contributed by atoms with van der Waals surface area (Å²) in [6.45, 7) is 4.54. The molecule has 0 amide bonds. The Morgan fingerprint density at radius 3 is 2.92 bits per heavy atom. The number of para-hydroxylation sites is 1. The second-order valence-electron chi connectivity index (χ2n) is 3.97. The SMILES string of the molecule is CCC1CC(C)Nc2ccccc21. The van der Waals surface area contributed by atoms with E-state index in [2.05, 4.69) is 43.4 Å². The van der Waals surface area contributed by atoms with E-state index in [1.165, 1.54) is 24.1 Å². The Bertz CT molecular complexity index is 293. The maximum atomic E-state index is 3.52. The van der Waals surface area contributed by atoms with E-state index < -0.39 is 0 Å². The van der Waals surface area contributed by atoms with Gasteiger partial charge in [-0.25, -0.2) is 0 Å². The average Bonchev–Trinajstić information content (AvgIpc) is 2.16. The molecule has 1 aliphatic heterocycles. The van der Waals surface area contributed by atoms with Crippen LogP contribution in [0.25, 0.3) is 0 Å². The molecule has 1 heteroatoms. The smallest absolute Gasteiger partial charge is 0.0377 e. The molecule has 70 valence electrons. The van der Waals surface area contributed by atoms with Gasteiger partial charge in [0.1, 0.15) is 0 Å². The van der Waals surface area contributed by atoms with E-state index in [0.29, 0.717) is 6.04 Å². The van der Waals surface area contributed by atoms with Gasteiger partial charge in [-0.2, -0.15) is 0 Å². The van der Waals surface area contributed by atoms with E-state index in [1.807, 2.05) is 0 Å². The molecule has 2 atom stereocenters. The quantitative estimate of drug-likeness (QED) is 0.690. The van der Waals surface area contributed by atoms with Gasteiger partial charge in [0.2, 0.25) is 0 Å². The van der Waals surface area contributed by atoms with Crippen molar-refractivity contribution in [3.05, 3.63) is 29.8 Å². The molecular weight excluding hydrogens is 158 g/mol. The van der Waals surface area contributed by atoms with Crippen LogP contribution in [0.2, 0.25) is 0 Å². The van der Waals surface area contributed by atoms with E-state index in [-0.39, 0.29) is 0 Å². The Morgan fingerprint density at radius 1 is 1.38 bits per heavy atom. The molecular formula is C12H17N. The number of hydrogen-bond donors (Lipinski definition) is 1. The molecule has 2 unspecified atom stereocenters. The number of hydrogen-bond acceptors (Lipinski definition) is 1. The largest absolute Gasteiger partial charge is 0.382 e. The lowest BCUT2D eigenvalue weighted by molar-refractivity contribution is 0.541. The third-order valence-corrected chi connectivity index (χ3v) is 2.93. The standard InChI is InChI=1S/C12H17N/c1-3-10-8-9(2)13-12-7-5-4-6-11(10)12/h4-7,9-10,13H,3,8H2,1-2H3. The number of nitrogens with one attached hydrogen (secondary N) is 1. The number of rotatable bonds is 1. The van der Waals surface area contributed by atoms with Gasteiger partial charge in [-0.3, -0.25) is 0 Å². The van der Waals surface area contributed by atoms with Crippen LogP contribution in [0.4, 0.5) is 5.69 Å². The third kappa shape index (κ3) is 1.55. The summed E-state index contributed by atoms with van der Waals surface area (Å²) in [4.78, 5) is 0. The Kier molecular flexibility index (Phi) is 2.26. The molecule has 0 saturated carbocycles. The molecule has 1 aromatic carbocycles. The maximum absolute atomic E-state index is 3.52. The molecule has 0 aromatic heterocycles. The van der Waals surface area contributed by atoms with Gasteiger partial charge in [-0.05, 0) is 37.3 Å². The second-order valence-corrected chi connectivity index (χ2v) is 3.97. The van der Waals surface area contributed by atoms with E-state index in [4.69, 9.17) is 0 Å². The highest BCUT2D eigenvalue weighted by Gasteiger charge is 2.21. The molecule has 0 radical (unpaired) electrons. The lowest BCUT2D eigenvalue weighted by Gasteiger charge is -2.30. The molecule has 1 nitrogen and oxygen atoms in total. The maximum Gasteiger partial charge on any atom is 0.0377 e. The van der Waals surface area contributed by atoms with Gasteiger partial charge < -0.3 is 5.32 Å². The number of fused-ring (bicyclic) bond motifs is 1. The molecule has 1 N–H and O–H groups in total. The molecule has 0 fully saturated rings. The number of anilines is 1. The predicted molar refractivity (Wildman–Crippen MR) is 57.2 cm³/mol. The Hall–Kier alpha value is -0.980. The van der Waals surface area contributed by atoms with Gasteiger partial charge in [0.25, 0.3) is 0 Å². The summed E-state index contributed by atoms with van der Waals surface area (Å²) in [5.74, 6) is 0.757.